The molecule has 0 aromatic carbocycles. The lowest BCUT2D eigenvalue weighted by molar-refractivity contribution is 0.229. The average Bonchev–Trinajstić information content (AvgIpc) is 2.24. The first-order valence-corrected chi connectivity index (χ1v) is 5.46. The lowest BCUT2D eigenvalue weighted by Crippen LogP contribution is -2.40. The van der Waals surface area contributed by atoms with Gasteiger partial charge in [-0.1, -0.05) is 13.8 Å². The zero-order valence-electron chi connectivity index (χ0n) is 10.1. The van der Waals surface area contributed by atoms with E-state index in [0.717, 1.165) is 25.9 Å². The van der Waals surface area contributed by atoms with Crippen molar-refractivity contribution in [3.63, 3.8) is 0 Å². The van der Waals surface area contributed by atoms with Gasteiger partial charge in [0, 0.05) is 25.2 Å². The van der Waals surface area contributed by atoms with Gasteiger partial charge in [0.2, 0.25) is 0 Å². The van der Waals surface area contributed by atoms with Crippen molar-refractivity contribution in [3.8, 4) is 0 Å². The van der Waals surface area contributed by atoms with E-state index < -0.39 is 0 Å². The largest absolute Gasteiger partial charge is 0.395 e. The van der Waals surface area contributed by atoms with Crippen molar-refractivity contribution in [1.82, 2.24) is 10.6 Å². The summed E-state index contributed by atoms with van der Waals surface area (Å²) in [6.07, 6.45) is 1.88. The highest BCUT2D eigenvalue weighted by molar-refractivity contribution is 5.85. The number of halogens is 2. The van der Waals surface area contributed by atoms with Crippen molar-refractivity contribution in [2.45, 2.75) is 38.8 Å². The summed E-state index contributed by atoms with van der Waals surface area (Å²) in [6.45, 7) is 6.13. The SMILES string of the molecule is CCC(CO)NCCN[C@H](CC)CO.Cl.Cl. The lowest BCUT2D eigenvalue weighted by atomic mass is 10.2. The highest BCUT2D eigenvalue weighted by Crippen LogP contribution is 1.89. The van der Waals surface area contributed by atoms with Crippen LogP contribution in [0, 0.1) is 0 Å². The molecule has 16 heavy (non-hydrogen) atoms. The summed E-state index contributed by atoms with van der Waals surface area (Å²) < 4.78 is 0. The Hall–Kier alpha value is 0.420. The van der Waals surface area contributed by atoms with Crippen LogP contribution in [0.4, 0.5) is 0 Å². The fourth-order valence-corrected chi connectivity index (χ4v) is 1.23. The first kappa shape index (κ1) is 21.7. The maximum absolute atomic E-state index is 8.90. The molecule has 0 amide bonds. The fraction of sp³-hybridized carbons (Fsp3) is 1.00. The van der Waals surface area contributed by atoms with E-state index in [1.807, 2.05) is 13.8 Å². The smallest absolute Gasteiger partial charge is 0.0584 e. The van der Waals surface area contributed by atoms with Crippen LogP contribution < -0.4 is 10.6 Å². The Kier molecular flexibility index (Phi) is 20.9. The fourth-order valence-electron chi connectivity index (χ4n) is 1.23. The number of rotatable bonds is 9. The second-order valence-electron chi connectivity index (χ2n) is 3.48. The van der Waals surface area contributed by atoms with Crippen molar-refractivity contribution >= 4 is 24.8 Å². The van der Waals surface area contributed by atoms with Gasteiger partial charge in [0.25, 0.3) is 0 Å². The molecule has 0 rings (SSSR count). The summed E-state index contributed by atoms with van der Waals surface area (Å²) in [5, 5.41) is 24.3. The highest BCUT2D eigenvalue weighted by atomic mass is 35.5. The molecule has 0 radical (unpaired) electrons. The quantitative estimate of drug-likeness (QED) is 0.465. The Morgan fingerprint density at radius 2 is 1.12 bits per heavy atom. The topological polar surface area (TPSA) is 64.5 Å². The average molecular weight is 277 g/mol. The molecule has 0 saturated heterocycles. The molecule has 1 unspecified atom stereocenters. The molecular formula is C10H26Cl2N2O2. The first-order valence-electron chi connectivity index (χ1n) is 5.46. The van der Waals surface area contributed by atoms with Crippen molar-refractivity contribution in [2.75, 3.05) is 26.3 Å². The van der Waals surface area contributed by atoms with Crippen LogP contribution in [0.1, 0.15) is 26.7 Å². The molecule has 0 aromatic rings. The van der Waals surface area contributed by atoms with Crippen molar-refractivity contribution in [3.05, 3.63) is 0 Å². The summed E-state index contributed by atoms with van der Waals surface area (Å²) in [5.74, 6) is 0. The van der Waals surface area contributed by atoms with Gasteiger partial charge in [-0.05, 0) is 12.8 Å². The van der Waals surface area contributed by atoms with Gasteiger partial charge >= 0.3 is 0 Å². The van der Waals surface area contributed by atoms with Crippen molar-refractivity contribution in [2.24, 2.45) is 0 Å². The number of aliphatic hydroxyl groups is 2. The molecule has 4 N–H and O–H groups in total. The second-order valence-corrected chi connectivity index (χ2v) is 3.48. The molecule has 0 fully saturated rings. The summed E-state index contributed by atoms with van der Waals surface area (Å²) in [4.78, 5) is 0. The van der Waals surface area contributed by atoms with Gasteiger partial charge in [0.05, 0.1) is 13.2 Å². The minimum atomic E-state index is 0. The van der Waals surface area contributed by atoms with E-state index in [1.54, 1.807) is 0 Å². The molecular weight excluding hydrogens is 251 g/mol. The lowest BCUT2D eigenvalue weighted by Gasteiger charge is -2.17. The van der Waals surface area contributed by atoms with Crippen LogP contribution in [0.15, 0.2) is 0 Å². The molecule has 102 valence electrons. The molecule has 4 nitrogen and oxygen atoms in total. The maximum Gasteiger partial charge on any atom is 0.0584 e. The van der Waals surface area contributed by atoms with Crippen LogP contribution in [0.5, 0.6) is 0 Å². The minimum absolute atomic E-state index is 0. The standard InChI is InChI=1S/C10H24N2O2.2ClH/c1-3-9(7-13)11-5-6-12-10(4-2)8-14;;/h9-14H,3-8H2,1-2H3;2*1H/t9-,10?;;/m1../s1. The number of aliphatic hydroxyl groups excluding tert-OH is 2. The van der Waals surface area contributed by atoms with Gasteiger partial charge in [0.1, 0.15) is 0 Å². The van der Waals surface area contributed by atoms with Crippen LogP contribution in [0.3, 0.4) is 0 Å². The van der Waals surface area contributed by atoms with E-state index in [9.17, 15) is 0 Å². The normalized spacial score (nSPS) is 13.5. The predicted octanol–water partition coefficient (Wildman–Crippen LogP) is 0.551. The van der Waals surface area contributed by atoms with E-state index >= 15 is 0 Å². The minimum Gasteiger partial charge on any atom is -0.395 e. The van der Waals surface area contributed by atoms with E-state index in [2.05, 4.69) is 10.6 Å². The van der Waals surface area contributed by atoms with Gasteiger partial charge in [-0.25, -0.2) is 0 Å². The first-order chi connectivity index (χ1) is 6.78. The molecule has 6 heteroatoms. The summed E-state index contributed by atoms with van der Waals surface area (Å²) >= 11 is 0. The Morgan fingerprint density at radius 3 is 1.31 bits per heavy atom. The molecule has 0 aliphatic carbocycles. The third kappa shape index (κ3) is 10.9. The third-order valence-corrected chi connectivity index (χ3v) is 2.42. The van der Waals surface area contributed by atoms with E-state index in [-0.39, 0.29) is 50.1 Å². The van der Waals surface area contributed by atoms with E-state index in [4.69, 9.17) is 10.2 Å². The molecule has 2 atom stereocenters. The summed E-state index contributed by atoms with van der Waals surface area (Å²) in [6, 6.07) is 0.400. The highest BCUT2D eigenvalue weighted by Gasteiger charge is 2.04. The molecule has 0 heterocycles. The van der Waals surface area contributed by atoms with Gasteiger partial charge < -0.3 is 20.8 Å². The van der Waals surface area contributed by atoms with Crippen LogP contribution in [0.2, 0.25) is 0 Å². The maximum atomic E-state index is 8.90. The van der Waals surface area contributed by atoms with Crippen LogP contribution in [-0.4, -0.2) is 48.6 Å². The molecule has 0 saturated carbocycles. The molecule has 0 aliphatic rings. The summed E-state index contributed by atoms with van der Waals surface area (Å²) in [5.41, 5.74) is 0. The Bertz CT molecular complexity index is 109. The molecule has 0 bridgehead atoms. The van der Waals surface area contributed by atoms with Crippen LogP contribution >= 0.6 is 24.8 Å². The van der Waals surface area contributed by atoms with Crippen LogP contribution in [0.25, 0.3) is 0 Å². The van der Waals surface area contributed by atoms with Crippen molar-refractivity contribution < 1.29 is 10.2 Å². The van der Waals surface area contributed by atoms with E-state index in [1.165, 1.54) is 0 Å². The van der Waals surface area contributed by atoms with Gasteiger partial charge in [0.15, 0.2) is 0 Å². The zero-order chi connectivity index (χ0) is 10.8. The van der Waals surface area contributed by atoms with Gasteiger partial charge in [-0.15, -0.1) is 24.8 Å². The van der Waals surface area contributed by atoms with Crippen LogP contribution in [-0.2, 0) is 0 Å². The summed E-state index contributed by atoms with van der Waals surface area (Å²) in [7, 11) is 0. The second kappa shape index (κ2) is 15.4. The third-order valence-electron chi connectivity index (χ3n) is 2.42. The monoisotopic (exact) mass is 276 g/mol. The Morgan fingerprint density at radius 1 is 0.812 bits per heavy atom. The Labute approximate surface area is 111 Å². The molecule has 0 spiro atoms. The van der Waals surface area contributed by atoms with E-state index in [0.29, 0.717) is 0 Å². The number of nitrogens with one attached hydrogen (secondary N) is 2. The molecule has 0 aromatic heterocycles. The van der Waals surface area contributed by atoms with Gasteiger partial charge in [-0.3, -0.25) is 0 Å². The Balaban J connectivity index is -0.000000845. The van der Waals surface area contributed by atoms with Gasteiger partial charge in [-0.2, -0.15) is 0 Å². The number of hydrogen-bond donors (Lipinski definition) is 4. The zero-order valence-corrected chi connectivity index (χ0v) is 11.7. The molecule has 0 aliphatic heterocycles. The predicted molar refractivity (Wildman–Crippen MR) is 72.8 cm³/mol. The number of hydrogen-bond acceptors (Lipinski definition) is 4. The van der Waals surface area contributed by atoms with Crippen molar-refractivity contribution in [1.29, 1.82) is 0 Å².